The first-order valence-electron chi connectivity index (χ1n) is 11.8. The Kier molecular flexibility index (Phi) is 15.8. The van der Waals surface area contributed by atoms with Crippen LogP contribution in [0.3, 0.4) is 0 Å². The van der Waals surface area contributed by atoms with Crippen LogP contribution in [0.15, 0.2) is 34.9 Å². The minimum Gasteiger partial charge on any atom is -0.464 e. The van der Waals surface area contributed by atoms with Gasteiger partial charge in [-0.1, -0.05) is 34.9 Å². The van der Waals surface area contributed by atoms with Gasteiger partial charge in [-0.05, 0) is 74.1 Å². The van der Waals surface area contributed by atoms with Crippen molar-refractivity contribution >= 4 is 17.9 Å². The molecular weight excluding hydrogens is 440 g/mol. The van der Waals surface area contributed by atoms with E-state index in [9.17, 15) is 19.5 Å². The lowest BCUT2D eigenvalue weighted by Crippen LogP contribution is -2.61. The normalized spacial score (nSPS) is 13.2. The molecule has 0 aliphatic rings. The van der Waals surface area contributed by atoms with E-state index < -0.39 is 29.6 Å². The van der Waals surface area contributed by atoms with Crippen LogP contribution in [0, 0.1) is 0 Å². The molecule has 0 aliphatic heterocycles. The van der Waals surface area contributed by atoms with Crippen molar-refractivity contribution in [1.29, 1.82) is 0 Å². The van der Waals surface area contributed by atoms with Gasteiger partial charge in [-0.3, -0.25) is 0 Å². The molecule has 1 N–H and O–H groups in total. The van der Waals surface area contributed by atoms with Crippen LogP contribution in [0.1, 0.15) is 74.1 Å². The largest absolute Gasteiger partial charge is 0.464 e. The number of hydrogen-bond acceptors (Lipinski definition) is 8. The van der Waals surface area contributed by atoms with E-state index in [0.29, 0.717) is 0 Å². The maximum absolute atomic E-state index is 12.5. The number of carbonyl (C=O) groups excluding carboxylic acids is 3. The zero-order valence-corrected chi connectivity index (χ0v) is 21.8. The van der Waals surface area contributed by atoms with Crippen molar-refractivity contribution in [1.82, 2.24) is 0 Å². The maximum atomic E-state index is 12.5. The lowest BCUT2D eigenvalue weighted by atomic mass is 9.96. The van der Waals surface area contributed by atoms with Gasteiger partial charge in [0.15, 0.2) is 0 Å². The Labute approximate surface area is 204 Å². The molecule has 0 saturated heterocycles. The van der Waals surface area contributed by atoms with Crippen molar-refractivity contribution < 1.29 is 38.4 Å². The van der Waals surface area contributed by atoms with Crippen LogP contribution in [0.5, 0.6) is 0 Å². The second-order valence-corrected chi connectivity index (χ2v) is 8.13. The van der Waals surface area contributed by atoms with Crippen LogP contribution < -0.4 is 0 Å². The van der Waals surface area contributed by atoms with Crippen molar-refractivity contribution in [2.24, 2.45) is 0 Å². The molecule has 0 fully saturated rings. The highest BCUT2D eigenvalue weighted by Crippen LogP contribution is 2.21. The second kappa shape index (κ2) is 17.1. The first-order valence-corrected chi connectivity index (χ1v) is 11.8. The lowest BCUT2D eigenvalue weighted by molar-refractivity contribution is -0.207. The number of rotatable bonds is 16. The van der Waals surface area contributed by atoms with Crippen LogP contribution in [-0.4, -0.2) is 61.1 Å². The van der Waals surface area contributed by atoms with Gasteiger partial charge in [-0.15, -0.1) is 0 Å². The lowest BCUT2D eigenvalue weighted by Gasteiger charge is -2.29. The van der Waals surface area contributed by atoms with Gasteiger partial charge in [-0.2, -0.15) is 0 Å². The van der Waals surface area contributed by atoms with Crippen molar-refractivity contribution in [2.75, 3.05) is 26.4 Å². The summed E-state index contributed by atoms with van der Waals surface area (Å²) in [6, 6.07) is 0. The zero-order chi connectivity index (χ0) is 26.1. The summed E-state index contributed by atoms with van der Waals surface area (Å²) in [5.74, 6) is -3.73. The third-order valence-corrected chi connectivity index (χ3v) is 4.87. The summed E-state index contributed by atoms with van der Waals surface area (Å²) < 4.78 is 20.1. The molecule has 0 saturated carbocycles. The SMILES string of the molecule is CCOC(=O)C(OCC=C(C)CCC=C(C)CCC=C(C)C)C(O)(C(=O)OCC)C(=O)OCC. The van der Waals surface area contributed by atoms with Gasteiger partial charge in [0.2, 0.25) is 6.10 Å². The summed E-state index contributed by atoms with van der Waals surface area (Å²) in [5, 5.41) is 10.9. The Morgan fingerprint density at radius 3 is 1.71 bits per heavy atom. The first-order chi connectivity index (χ1) is 16.0. The van der Waals surface area contributed by atoms with E-state index in [0.717, 1.165) is 31.3 Å². The highest BCUT2D eigenvalue weighted by Gasteiger charge is 2.58. The minimum atomic E-state index is -2.98. The predicted molar refractivity (Wildman–Crippen MR) is 130 cm³/mol. The van der Waals surface area contributed by atoms with Gasteiger partial charge in [0.1, 0.15) is 0 Å². The standard InChI is InChI=1S/C26H42O8/c1-8-31-23(27)22(26(30,24(28)32-9-2)25(29)33-10-3)34-18-17-21(7)16-12-15-20(6)14-11-13-19(4)5/h13,15,17,22,30H,8-12,14,16,18H2,1-7H3. The molecule has 0 heterocycles. The average Bonchev–Trinajstić information content (AvgIpc) is 2.76. The van der Waals surface area contributed by atoms with Gasteiger partial charge < -0.3 is 24.1 Å². The molecule has 8 heteroatoms. The van der Waals surface area contributed by atoms with Crippen molar-refractivity contribution in [3.05, 3.63) is 34.9 Å². The van der Waals surface area contributed by atoms with Gasteiger partial charge in [-0.25, -0.2) is 14.4 Å². The number of hydrogen-bond donors (Lipinski definition) is 1. The number of allylic oxidation sites excluding steroid dienone is 5. The molecule has 0 aromatic heterocycles. The molecular formula is C26H42O8. The maximum Gasteiger partial charge on any atom is 0.353 e. The Morgan fingerprint density at radius 1 is 0.765 bits per heavy atom. The van der Waals surface area contributed by atoms with E-state index in [1.807, 2.05) is 6.92 Å². The van der Waals surface area contributed by atoms with E-state index >= 15 is 0 Å². The Balaban J connectivity index is 5.33. The van der Waals surface area contributed by atoms with Crippen LogP contribution in [0.25, 0.3) is 0 Å². The third kappa shape index (κ3) is 11.1. The fourth-order valence-electron chi connectivity index (χ4n) is 2.98. The monoisotopic (exact) mass is 482 g/mol. The summed E-state index contributed by atoms with van der Waals surface area (Å²) in [6.45, 7) is 12.4. The van der Waals surface area contributed by atoms with Gasteiger partial charge in [0.05, 0.1) is 26.4 Å². The number of aliphatic hydroxyl groups is 1. The van der Waals surface area contributed by atoms with Crippen molar-refractivity contribution in [3.63, 3.8) is 0 Å². The molecule has 8 nitrogen and oxygen atoms in total. The average molecular weight is 483 g/mol. The van der Waals surface area contributed by atoms with Gasteiger partial charge in [0, 0.05) is 0 Å². The molecule has 1 atom stereocenters. The van der Waals surface area contributed by atoms with E-state index in [2.05, 4.69) is 32.9 Å². The Hall–Kier alpha value is -2.45. The number of ether oxygens (including phenoxy) is 4. The minimum absolute atomic E-state index is 0.0331. The van der Waals surface area contributed by atoms with Crippen LogP contribution in [-0.2, 0) is 33.3 Å². The summed E-state index contributed by atoms with van der Waals surface area (Å²) in [6.07, 6.45) is 7.85. The molecule has 0 spiro atoms. The molecule has 0 bridgehead atoms. The van der Waals surface area contributed by atoms with Crippen LogP contribution in [0.4, 0.5) is 0 Å². The fourth-order valence-corrected chi connectivity index (χ4v) is 2.98. The van der Waals surface area contributed by atoms with Crippen LogP contribution >= 0.6 is 0 Å². The van der Waals surface area contributed by atoms with Crippen molar-refractivity contribution in [2.45, 2.75) is 85.9 Å². The molecule has 34 heavy (non-hydrogen) atoms. The van der Waals surface area contributed by atoms with Crippen molar-refractivity contribution in [3.8, 4) is 0 Å². The molecule has 0 aliphatic carbocycles. The smallest absolute Gasteiger partial charge is 0.353 e. The quantitative estimate of drug-likeness (QED) is 0.151. The van der Waals surface area contributed by atoms with E-state index in [-0.39, 0.29) is 26.4 Å². The van der Waals surface area contributed by atoms with Gasteiger partial charge >= 0.3 is 17.9 Å². The highest BCUT2D eigenvalue weighted by atomic mass is 16.6. The number of esters is 3. The molecule has 0 amide bonds. The van der Waals surface area contributed by atoms with E-state index in [1.54, 1.807) is 13.0 Å². The summed E-state index contributed by atoms with van der Waals surface area (Å²) >= 11 is 0. The molecule has 0 radical (unpaired) electrons. The molecule has 0 rings (SSSR count). The van der Waals surface area contributed by atoms with Gasteiger partial charge in [0.25, 0.3) is 5.60 Å². The van der Waals surface area contributed by atoms with E-state index in [1.165, 1.54) is 25.0 Å². The summed E-state index contributed by atoms with van der Waals surface area (Å²) in [7, 11) is 0. The Bertz CT molecular complexity index is 726. The number of carbonyl (C=O) groups is 3. The molecule has 194 valence electrons. The molecule has 0 aromatic carbocycles. The Morgan fingerprint density at radius 2 is 1.24 bits per heavy atom. The van der Waals surface area contributed by atoms with Crippen LogP contribution in [0.2, 0.25) is 0 Å². The second-order valence-electron chi connectivity index (χ2n) is 8.13. The first kappa shape index (κ1) is 31.6. The molecule has 1 unspecified atom stereocenters. The summed E-state index contributed by atoms with van der Waals surface area (Å²) in [5.41, 5.74) is 0.640. The van der Waals surface area contributed by atoms with E-state index in [4.69, 9.17) is 18.9 Å². The molecule has 0 aromatic rings. The summed E-state index contributed by atoms with van der Waals surface area (Å²) in [4.78, 5) is 37.4. The predicted octanol–water partition coefficient (Wildman–Crippen LogP) is 4.21. The topological polar surface area (TPSA) is 108 Å². The highest BCUT2D eigenvalue weighted by molar-refractivity contribution is 6.08. The third-order valence-electron chi connectivity index (χ3n) is 4.87. The zero-order valence-electron chi connectivity index (χ0n) is 21.8. The fraction of sp³-hybridized carbons (Fsp3) is 0.654.